The first-order valence-electron chi connectivity index (χ1n) is 5.32. The molecule has 1 aliphatic rings. The first kappa shape index (κ1) is 10.9. The Morgan fingerprint density at radius 2 is 2.38 bits per heavy atom. The van der Waals surface area contributed by atoms with Gasteiger partial charge >= 0.3 is 0 Å². The van der Waals surface area contributed by atoms with Crippen LogP contribution in [-0.2, 0) is 6.54 Å². The molecular formula is C11H15N3O2. The quantitative estimate of drug-likeness (QED) is 0.773. The summed E-state index contributed by atoms with van der Waals surface area (Å²) in [5.74, 6) is 0.350. The van der Waals surface area contributed by atoms with E-state index in [1.807, 2.05) is 0 Å². The standard InChI is InChI=1S/C11H15N3O2/c1-13-11(15)10-7(4-12)5-14-6-9(10)16-8-2-3-8/h5-6,8H,2-4,12H2,1H3,(H,13,15). The largest absolute Gasteiger partial charge is 0.488 e. The molecule has 0 aromatic carbocycles. The Bertz CT molecular complexity index is 402. The van der Waals surface area contributed by atoms with E-state index in [1.54, 1.807) is 19.4 Å². The molecule has 2 rings (SSSR count). The fraction of sp³-hybridized carbons (Fsp3) is 0.455. The van der Waals surface area contributed by atoms with Gasteiger partial charge in [0, 0.05) is 25.4 Å². The molecule has 86 valence electrons. The van der Waals surface area contributed by atoms with Crippen molar-refractivity contribution < 1.29 is 9.53 Å². The zero-order valence-electron chi connectivity index (χ0n) is 9.19. The van der Waals surface area contributed by atoms with E-state index in [0.29, 0.717) is 16.9 Å². The third-order valence-electron chi connectivity index (χ3n) is 2.48. The lowest BCUT2D eigenvalue weighted by Gasteiger charge is -2.12. The van der Waals surface area contributed by atoms with Gasteiger partial charge in [-0.3, -0.25) is 9.78 Å². The lowest BCUT2D eigenvalue weighted by atomic mass is 10.1. The summed E-state index contributed by atoms with van der Waals surface area (Å²) >= 11 is 0. The van der Waals surface area contributed by atoms with Crippen molar-refractivity contribution in [3.05, 3.63) is 23.5 Å². The first-order chi connectivity index (χ1) is 7.76. The summed E-state index contributed by atoms with van der Waals surface area (Å²) < 4.78 is 5.64. The molecule has 1 aromatic heterocycles. The average molecular weight is 221 g/mol. The van der Waals surface area contributed by atoms with Crippen molar-refractivity contribution in [3.63, 3.8) is 0 Å². The number of carbonyl (C=O) groups excluding carboxylic acids is 1. The summed E-state index contributed by atoms with van der Waals surface area (Å²) in [6.45, 7) is 0.275. The summed E-state index contributed by atoms with van der Waals surface area (Å²) in [6.07, 6.45) is 5.49. The van der Waals surface area contributed by atoms with Crippen molar-refractivity contribution in [2.24, 2.45) is 5.73 Å². The number of pyridine rings is 1. The Kier molecular flexibility index (Phi) is 3.05. The molecule has 0 bridgehead atoms. The maximum Gasteiger partial charge on any atom is 0.255 e. The number of nitrogens with zero attached hydrogens (tertiary/aromatic N) is 1. The molecule has 0 radical (unpaired) electrons. The molecule has 0 spiro atoms. The van der Waals surface area contributed by atoms with E-state index in [1.165, 1.54) is 0 Å². The third kappa shape index (κ3) is 2.14. The van der Waals surface area contributed by atoms with Gasteiger partial charge in [0.1, 0.15) is 0 Å². The molecule has 1 amide bonds. The monoisotopic (exact) mass is 221 g/mol. The van der Waals surface area contributed by atoms with Crippen LogP contribution in [0.15, 0.2) is 12.4 Å². The highest BCUT2D eigenvalue weighted by Crippen LogP contribution is 2.29. The molecule has 1 heterocycles. The second-order valence-corrected chi connectivity index (χ2v) is 3.77. The molecule has 0 unspecified atom stereocenters. The van der Waals surface area contributed by atoms with Gasteiger partial charge in [0.2, 0.25) is 0 Å². The van der Waals surface area contributed by atoms with Crippen LogP contribution in [0.5, 0.6) is 5.75 Å². The van der Waals surface area contributed by atoms with Crippen LogP contribution >= 0.6 is 0 Å². The van der Waals surface area contributed by atoms with Gasteiger partial charge in [-0.15, -0.1) is 0 Å². The molecule has 0 saturated heterocycles. The number of nitrogens with two attached hydrogens (primary N) is 1. The van der Waals surface area contributed by atoms with Gasteiger partial charge in [-0.05, 0) is 12.8 Å². The zero-order chi connectivity index (χ0) is 11.5. The number of hydrogen-bond acceptors (Lipinski definition) is 4. The second kappa shape index (κ2) is 4.49. The first-order valence-corrected chi connectivity index (χ1v) is 5.32. The highest BCUT2D eigenvalue weighted by Gasteiger charge is 2.26. The summed E-state index contributed by atoms with van der Waals surface area (Å²) in [5, 5.41) is 2.59. The molecule has 1 fully saturated rings. The van der Waals surface area contributed by atoms with Crippen LogP contribution in [0.25, 0.3) is 0 Å². The number of rotatable bonds is 4. The number of carbonyl (C=O) groups is 1. The molecular weight excluding hydrogens is 206 g/mol. The van der Waals surface area contributed by atoms with Crippen LogP contribution in [-0.4, -0.2) is 24.0 Å². The highest BCUT2D eigenvalue weighted by molar-refractivity contribution is 5.98. The summed E-state index contributed by atoms with van der Waals surface area (Å²) in [4.78, 5) is 15.8. The van der Waals surface area contributed by atoms with Crippen LogP contribution in [0.2, 0.25) is 0 Å². The highest BCUT2D eigenvalue weighted by atomic mass is 16.5. The van der Waals surface area contributed by atoms with E-state index < -0.39 is 0 Å². The fourth-order valence-electron chi connectivity index (χ4n) is 1.47. The molecule has 1 aliphatic carbocycles. The Balaban J connectivity index is 2.36. The number of hydrogen-bond donors (Lipinski definition) is 2. The minimum atomic E-state index is -0.182. The van der Waals surface area contributed by atoms with Gasteiger partial charge in [-0.25, -0.2) is 0 Å². The predicted octanol–water partition coefficient (Wildman–Crippen LogP) is 0.441. The lowest BCUT2D eigenvalue weighted by Crippen LogP contribution is -2.22. The van der Waals surface area contributed by atoms with Crippen LogP contribution in [0.1, 0.15) is 28.8 Å². The van der Waals surface area contributed by atoms with Crippen LogP contribution in [0.4, 0.5) is 0 Å². The topological polar surface area (TPSA) is 77.2 Å². The lowest BCUT2D eigenvalue weighted by molar-refractivity contribution is 0.0957. The second-order valence-electron chi connectivity index (χ2n) is 3.77. The Morgan fingerprint density at radius 3 is 2.94 bits per heavy atom. The van der Waals surface area contributed by atoms with E-state index in [9.17, 15) is 4.79 Å². The van der Waals surface area contributed by atoms with Crippen molar-refractivity contribution >= 4 is 5.91 Å². The molecule has 0 atom stereocenters. The van der Waals surface area contributed by atoms with Crippen molar-refractivity contribution in [2.75, 3.05) is 7.05 Å². The normalized spacial score (nSPS) is 14.6. The van der Waals surface area contributed by atoms with Gasteiger partial charge in [0.05, 0.1) is 17.9 Å². The van der Waals surface area contributed by atoms with Crippen molar-refractivity contribution in [1.82, 2.24) is 10.3 Å². The van der Waals surface area contributed by atoms with Crippen LogP contribution in [0.3, 0.4) is 0 Å². The zero-order valence-corrected chi connectivity index (χ0v) is 9.19. The molecule has 1 aromatic rings. The predicted molar refractivity (Wildman–Crippen MR) is 59.2 cm³/mol. The van der Waals surface area contributed by atoms with Crippen LogP contribution < -0.4 is 15.8 Å². The number of nitrogens with one attached hydrogen (secondary N) is 1. The van der Waals surface area contributed by atoms with Gasteiger partial charge in [0.15, 0.2) is 5.75 Å². The Labute approximate surface area is 94.0 Å². The van der Waals surface area contributed by atoms with E-state index in [0.717, 1.165) is 12.8 Å². The summed E-state index contributed by atoms with van der Waals surface area (Å²) in [6, 6.07) is 0. The minimum absolute atomic E-state index is 0.182. The SMILES string of the molecule is CNC(=O)c1c(CN)cncc1OC1CC1. The number of amides is 1. The summed E-state index contributed by atoms with van der Waals surface area (Å²) in [7, 11) is 1.59. The average Bonchev–Trinajstić information content (AvgIpc) is 3.11. The van der Waals surface area contributed by atoms with Crippen molar-refractivity contribution in [2.45, 2.75) is 25.5 Å². The maximum absolute atomic E-state index is 11.7. The van der Waals surface area contributed by atoms with Gasteiger partial charge < -0.3 is 15.8 Å². The molecule has 3 N–H and O–H groups in total. The third-order valence-corrected chi connectivity index (χ3v) is 2.48. The smallest absolute Gasteiger partial charge is 0.255 e. The van der Waals surface area contributed by atoms with E-state index in [-0.39, 0.29) is 18.6 Å². The van der Waals surface area contributed by atoms with Gasteiger partial charge in [-0.1, -0.05) is 0 Å². The number of aromatic nitrogens is 1. The molecule has 0 aliphatic heterocycles. The molecule has 16 heavy (non-hydrogen) atoms. The minimum Gasteiger partial charge on any atom is -0.488 e. The van der Waals surface area contributed by atoms with Crippen molar-refractivity contribution in [1.29, 1.82) is 0 Å². The van der Waals surface area contributed by atoms with E-state index in [2.05, 4.69) is 10.3 Å². The Hall–Kier alpha value is -1.62. The van der Waals surface area contributed by atoms with E-state index >= 15 is 0 Å². The van der Waals surface area contributed by atoms with E-state index in [4.69, 9.17) is 10.5 Å². The van der Waals surface area contributed by atoms with Crippen molar-refractivity contribution in [3.8, 4) is 5.75 Å². The summed E-state index contributed by atoms with van der Waals surface area (Å²) in [5.41, 5.74) is 6.80. The van der Waals surface area contributed by atoms with Crippen LogP contribution in [0, 0.1) is 0 Å². The molecule has 5 nitrogen and oxygen atoms in total. The Morgan fingerprint density at radius 1 is 1.62 bits per heavy atom. The van der Waals surface area contributed by atoms with Gasteiger partial charge in [-0.2, -0.15) is 0 Å². The molecule has 5 heteroatoms. The maximum atomic E-state index is 11.7. The number of ether oxygens (including phenoxy) is 1. The molecule has 1 saturated carbocycles. The fourth-order valence-corrected chi connectivity index (χ4v) is 1.47. The van der Waals surface area contributed by atoms with Gasteiger partial charge in [0.25, 0.3) is 5.91 Å².